The molecule has 0 amide bonds. The Hall–Kier alpha value is -0.330. The van der Waals surface area contributed by atoms with Crippen LogP contribution in [0, 0.1) is 0 Å². The van der Waals surface area contributed by atoms with Crippen molar-refractivity contribution in [2.75, 3.05) is 0 Å². The first-order valence-corrected chi connectivity index (χ1v) is 9.11. The number of aliphatic hydroxyl groups excluding tert-OH is 1. The quantitative estimate of drug-likeness (QED) is 0.907. The highest BCUT2D eigenvalue weighted by atomic mass is 35.5. The SMILES string of the molecule is CC1CCCC(C)N1S(=O)(=O)c1cc(Cl)cc(CO)c1Cl. The molecule has 0 radical (unpaired) electrons. The number of hydrogen-bond donors (Lipinski definition) is 1. The second-order valence-electron chi connectivity index (χ2n) is 5.50. The summed E-state index contributed by atoms with van der Waals surface area (Å²) in [6.07, 6.45) is 2.67. The van der Waals surface area contributed by atoms with Gasteiger partial charge in [0.15, 0.2) is 0 Å². The van der Waals surface area contributed by atoms with Gasteiger partial charge in [0.25, 0.3) is 0 Å². The molecule has 1 aliphatic heterocycles. The van der Waals surface area contributed by atoms with E-state index >= 15 is 0 Å². The van der Waals surface area contributed by atoms with E-state index in [-0.39, 0.29) is 33.6 Å². The van der Waals surface area contributed by atoms with Crippen LogP contribution in [0.15, 0.2) is 17.0 Å². The van der Waals surface area contributed by atoms with Crippen molar-refractivity contribution < 1.29 is 13.5 Å². The van der Waals surface area contributed by atoms with Gasteiger partial charge in [-0.15, -0.1) is 0 Å². The maximum absolute atomic E-state index is 13.0. The summed E-state index contributed by atoms with van der Waals surface area (Å²) in [6, 6.07) is 2.68. The summed E-state index contributed by atoms with van der Waals surface area (Å²) in [5.74, 6) is 0. The van der Waals surface area contributed by atoms with Crippen LogP contribution in [0.4, 0.5) is 0 Å². The lowest BCUT2D eigenvalue weighted by molar-refractivity contribution is 0.204. The number of hydrogen-bond acceptors (Lipinski definition) is 3. The topological polar surface area (TPSA) is 57.6 Å². The first-order valence-electron chi connectivity index (χ1n) is 6.91. The Bertz CT molecular complexity index is 623. The fraction of sp³-hybridized carbons (Fsp3) is 0.571. The van der Waals surface area contributed by atoms with Gasteiger partial charge in [0, 0.05) is 17.1 Å². The first kappa shape index (κ1) is 17.0. The molecule has 1 fully saturated rings. The van der Waals surface area contributed by atoms with Crippen LogP contribution >= 0.6 is 23.2 Å². The summed E-state index contributed by atoms with van der Waals surface area (Å²) in [7, 11) is -3.74. The number of aliphatic hydroxyl groups is 1. The van der Waals surface area contributed by atoms with Crippen LogP contribution in [-0.2, 0) is 16.6 Å². The Morgan fingerprint density at radius 1 is 1.24 bits per heavy atom. The normalized spacial score (nSPS) is 24.2. The Kier molecular flexibility index (Phi) is 5.21. The van der Waals surface area contributed by atoms with Gasteiger partial charge in [-0.05, 0) is 44.4 Å². The first-order chi connectivity index (χ1) is 9.78. The van der Waals surface area contributed by atoms with Crippen LogP contribution in [0.5, 0.6) is 0 Å². The highest BCUT2D eigenvalue weighted by molar-refractivity contribution is 7.89. The van der Waals surface area contributed by atoms with Crippen molar-refractivity contribution in [2.24, 2.45) is 0 Å². The molecule has 1 heterocycles. The lowest BCUT2D eigenvalue weighted by Gasteiger charge is -2.38. The molecule has 0 spiro atoms. The predicted molar refractivity (Wildman–Crippen MR) is 84.2 cm³/mol. The molecule has 0 aliphatic carbocycles. The number of rotatable bonds is 3. The van der Waals surface area contributed by atoms with E-state index in [0.29, 0.717) is 5.56 Å². The zero-order valence-corrected chi connectivity index (χ0v) is 14.3. The molecular formula is C14H19Cl2NO3S. The second-order valence-corrected chi connectivity index (χ2v) is 8.13. The molecule has 2 atom stereocenters. The Balaban J connectivity index is 2.56. The van der Waals surface area contributed by atoms with E-state index in [1.54, 1.807) is 0 Å². The van der Waals surface area contributed by atoms with Gasteiger partial charge in [0.05, 0.1) is 11.6 Å². The summed E-state index contributed by atoms with van der Waals surface area (Å²) in [5.41, 5.74) is 0.319. The van der Waals surface area contributed by atoms with Crippen LogP contribution < -0.4 is 0 Å². The van der Waals surface area contributed by atoms with Gasteiger partial charge in [-0.25, -0.2) is 8.42 Å². The number of benzene rings is 1. The number of halogens is 2. The highest BCUT2D eigenvalue weighted by Crippen LogP contribution is 2.35. The van der Waals surface area contributed by atoms with Gasteiger partial charge in [-0.1, -0.05) is 29.6 Å². The Labute approximate surface area is 135 Å². The lowest BCUT2D eigenvalue weighted by Crippen LogP contribution is -2.47. The van der Waals surface area contributed by atoms with Crippen molar-refractivity contribution >= 4 is 33.2 Å². The van der Waals surface area contributed by atoms with Crippen molar-refractivity contribution in [3.63, 3.8) is 0 Å². The molecule has 2 unspecified atom stereocenters. The molecule has 1 saturated heterocycles. The maximum Gasteiger partial charge on any atom is 0.245 e. The van der Waals surface area contributed by atoms with E-state index in [9.17, 15) is 13.5 Å². The Morgan fingerprint density at radius 2 is 1.81 bits per heavy atom. The average molecular weight is 352 g/mol. The minimum atomic E-state index is -3.74. The summed E-state index contributed by atoms with van der Waals surface area (Å²) < 4.78 is 27.4. The van der Waals surface area contributed by atoms with Gasteiger partial charge >= 0.3 is 0 Å². The molecule has 4 nitrogen and oxygen atoms in total. The molecule has 1 aromatic rings. The van der Waals surface area contributed by atoms with E-state index in [4.69, 9.17) is 23.2 Å². The average Bonchev–Trinajstić information content (AvgIpc) is 2.40. The Morgan fingerprint density at radius 3 is 2.33 bits per heavy atom. The van der Waals surface area contributed by atoms with Crippen LogP contribution in [0.25, 0.3) is 0 Å². The third-order valence-electron chi connectivity index (χ3n) is 3.92. The smallest absolute Gasteiger partial charge is 0.245 e. The molecule has 7 heteroatoms. The largest absolute Gasteiger partial charge is 0.392 e. The van der Waals surface area contributed by atoms with Crippen LogP contribution in [-0.4, -0.2) is 29.9 Å². The van der Waals surface area contributed by atoms with Crippen molar-refractivity contribution in [3.8, 4) is 0 Å². The van der Waals surface area contributed by atoms with Gasteiger partial charge in [0.1, 0.15) is 4.90 Å². The summed E-state index contributed by atoms with van der Waals surface area (Å²) in [5, 5.41) is 9.59. The van der Waals surface area contributed by atoms with E-state index in [1.165, 1.54) is 16.4 Å². The summed E-state index contributed by atoms with van der Waals surface area (Å²) in [6.45, 7) is 3.45. The highest BCUT2D eigenvalue weighted by Gasteiger charge is 2.37. The standard InChI is InChI=1S/C14H19Cl2NO3S/c1-9-4-3-5-10(2)17(9)21(19,20)13-7-12(15)6-11(8-18)14(13)16/h6-7,9-10,18H,3-5,8H2,1-2H3. The molecule has 21 heavy (non-hydrogen) atoms. The lowest BCUT2D eigenvalue weighted by atomic mass is 10.0. The molecule has 1 aromatic carbocycles. The van der Waals surface area contributed by atoms with E-state index in [1.807, 2.05) is 13.8 Å². The van der Waals surface area contributed by atoms with E-state index in [2.05, 4.69) is 0 Å². The number of sulfonamides is 1. The number of nitrogens with zero attached hydrogens (tertiary/aromatic N) is 1. The maximum atomic E-state index is 13.0. The van der Waals surface area contributed by atoms with Crippen LogP contribution in [0.3, 0.4) is 0 Å². The van der Waals surface area contributed by atoms with Gasteiger partial charge < -0.3 is 5.11 Å². The summed E-state index contributed by atoms with van der Waals surface area (Å²) >= 11 is 12.1. The predicted octanol–water partition coefficient (Wildman–Crippen LogP) is 3.44. The molecule has 1 aliphatic rings. The monoisotopic (exact) mass is 351 g/mol. The molecule has 0 saturated carbocycles. The third-order valence-corrected chi connectivity index (χ3v) is 6.85. The summed E-state index contributed by atoms with van der Waals surface area (Å²) in [4.78, 5) is -0.0266. The molecule has 118 valence electrons. The van der Waals surface area contributed by atoms with Gasteiger partial charge in [-0.2, -0.15) is 4.31 Å². The van der Waals surface area contributed by atoms with Crippen LogP contribution in [0.2, 0.25) is 10.0 Å². The minimum absolute atomic E-state index is 0.0266. The van der Waals surface area contributed by atoms with Gasteiger partial charge in [0.2, 0.25) is 10.0 Å². The zero-order chi connectivity index (χ0) is 15.8. The van der Waals surface area contributed by atoms with Crippen molar-refractivity contribution in [1.29, 1.82) is 0 Å². The van der Waals surface area contributed by atoms with Crippen molar-refractivity contribution in [1.82, 2.24) is 4.31 Å². The van der Waals surface area contributed by atoms with E-state index in [0.717, 1.165) is 19.3 Å². The second kappa shape index (κ2) is 6.42. The molecule has 0 bridgehead atoms. The van der Waals surface area contributed by atoms with Gasteiger partial charge in [-0.3, -0.25) is 0 Å². The molecular weight excluding hydrogens is 333 g/mol. The molecule has 1 N–H and O–H groups in total. The minimum Gasteiger partial charge on any atom is -0.392 e. The fourth-order valence-electron chi connectivity index (χ4n) is 2.91. The van der Waals surface area contributed by atoms with Crippen molar-refractivity contribution in [3.05, 3.63) is 27.7 Å². The van der Waals surface area contributed by atoms with E-state index < -0.39 is 10.0 Å². The molecule has 0 aromatic heterocycles. The van der Waals surface area contributed by atoms with Crippen molar-refractivity contribution in [2.45, 2.75) is 56.7 Å². The fourth-order valence-corrected chi connectivity index (χ4v) is 5.69. The zero-order valence-electron chi connectivity index (χ0n) is 12.0. The third kappa shape index (κ3) is 3.22. The molecule has 2 rings (SSSR count). The van der Waals surface area contributed by atoms with Crippen LogP contribution in [0.1, 0.15) is 38.7 Å². The number of piperidine rings is 1.